The van der Waals surface area contributed by atoms with Gasteiger partial charge in [-0.25, -0.2) is 0 Å². The van der Waals surface area contributed by atoms with Gasteiger partial charge in [0.2, 0.25) is 0 Å². The van der Waals surface area contributed by atoms with Crippen molar-refractivity contribution in [2.75, 3.05) is 26.8 Å². The van der Waals surface area contributed by atoms with Crippen LogP contribution in [0.2, 0.25) is 0 Å². The summed E-state index contributed by atoms with van der Waals surface area (Å²) in [5, 5.41) is 0. The molecule has 1 aliphatic heterocycles. The lowest BCUT2D eigenvalue weighted by Crippen LogP contribution is -2.43. The zero-order valence-electron chi connectivity index (χ0n) is 19.5. The largest absolute Gasteiger partial charge is 0.497 e. The Bertz CT molecular complexity index is 994. The number of likely N-dealkylation sites (tertiary alicyclic amines) is 1. The van der Waals surface area contributed by atoms with Gasteiger partial charge in [-0.15, -0.1) is 0 Å². The number of hydrogen-bond donors (Lipinski definition) is 0. The van der Waals surface area contributed by atoms with Crippen molar-refractivity contribution < 1.29 is 19.1 Å². The molecule has 172 valence electrons. The van der Waals surface area contributed by atoms with Crippen molar-refractivity contribution in [1.82, 2.24) is 9.47 Å². The van der Waals surface area contributed by atoms with Crippen LogP contribution in [-0.2, 0) is 28.9 Å². The van der Waals surface area contributed by atoms with E-state index in [0.717, 1.165) is 54.7 Å². The van der Waals surface area contributed by atoms with E-state index < -0.39 is 0 Å². The summed E-state index contributed by atoms with van der Waals surface area (Å²) in [7, 11) is 1.67. The Morgan fingerprint density at radius 1 is 1.16 bits per heavy atom. The monoisotopic (exact) mass is 438 g/mol. The number of benzene rings is 1. The van der Waals surface area contributed by atoms with Gasteiger partial charge in [0.15, 0.2) is 0 Å². The van der Waals surface area contributed by atoms with Crippen LogP contribution in [0.3, 0.4) is 0 Å². The van der Waals surface area contributed by atoms with E-state index in [0.29, 0.717) is 26.2 Å². The van der Waals surface area contributed by atoms with Gasteiger partial charge >= 0.3 is 5.97 Å². The molecule has 1 aliphatic carbocycles. The van der Waals surface area contributed by atoms with Gasteiger partial charge in [0, 0.05) is 25.3 Å². The first-order valence-corrected chi connectivity index (χ1v) is 11.8. The van der Waals surface area contributed by atoms with Crippen molar-refractivity contribution in [2.24, 2.45) is 5.92 Å². The predicted octanol–water partition coefficient (Wildman–Crippen LogP) is 4.15. The van der Waals surface area contributed by atoms with Crippen molar-refractivity contribution in [3.63, 3.8) is 0 Å². The first kappa shape index (κ1) is 22.4. The van der Waals surface area contributed by atoms with Gasteiger partial charge in [0.05, 0.1) is 19.6 Å². The summed E-state index contributed by atoms with van der Waals surface area (Å²) in [6.07, 6.45) is 5.94. The maximum atomic E-state index is 13.8. The van der Waals surface area contributed by atoms with E-state index in [-0.39, 0.29) is 17.8 Å². The summed E-state index contributed by atoms with van der Waals surface area (Å²) >= 11 is 0. The molecule has 1 unspecified atom stereocenters. The van der Waals surface area contributed by atoms with Gasteiger partial charge in [-0.05, 0) is 81.2 Å². The zero-order chi connectivity index (χ0) is 22.7. The summed E-state index contributed by atoms with van der Waals surface area (Å²) in [4.78, 5) is 28.0. The van der Waals surface area contributed by atoms with E-state index in [1.54, 1.807) is 7.11 Å². The molecule has 0 spiro atoms. The molecule has 0 radical (unpaired) electrons. The molecule has 4 rings (SSSR count). The van der Waals surface area contributed by atoms with Crippen LogP contribution in [0.5, 0.6) is 5.75 Å². The predicted molar refractivity (Wildman–Crippen MR) is 123 cm³/mol. The number of methoxy groups -OCH3 is 1. The van der Waals surface area contributed by atoms with Crippen LogP contribution >= 0.6 is 0 Å². The van der Waals surface area contributed by atoms with Crippen LogP contribution in [-0.4, -0.2) is 48.1 Å². The number of aromatic nitrogens is 1. The maximum Gasteiger partial charge on any atom is 0.310 e. The third-order valence-electron chi connectivity index (χ3n) is 6.85. The van der Waals surface area contributed by atoms with Crippen molar-refractivity contribution in [3.05, 3.63) is 52.3 Å². The SMILES string of the molecule is CCOC(=O)C1CCCN(C(=O)c2c(C)c3c(n2Cc2cccc(OC)c2)CCCC3)C1. The molecule has 2 aliphatic rings. The minimum atomic E-state index is -0.232. The lowest BCUT2D eigenvalue weighted by atomic mass is 9.94. The Morgan fingerprint density at radius 2 is 1.97 bits per heavy atom. The third-order valence-corrected chi connectivity index (χ3v) is 6.85. The highest BCUT2D eigenvalue weighted by Crippen LogP contribution is 2.32. The second-order valence-electron chi connectivity index (χ2n) is 8.89. The number of piperidine rings is 1. The first-order valence-electron chi connectivity index (χ1n) is 11.8. The van der Waals surface area contributed by atoms with Gasteiger partial charge in [-0.3, -0.25) is 9.59 Å². The summed E-state index contributed by atoms with van der Waals surface area (Å²) < 4.78 is 12.9. The number of hydrogen-bond acceptors (Lipinski definition) is 4. The summed E-state index contributed by atoms with van der Waals surface area (Å²) in [5.41, 5.74) is 5.63. The van der Waals surface area contributed by atoms with E-state index in [4.69, 9.17) is 9.47 Å². The summed E-state index contributed by atoms with van der Waals surface area (Å²) in [5.74, 6) is 0.437. The number of carbonyl (C=O) groups is 2. The van der Waals surface area contributed by atoms with Crippen molar-refractivity contribution in [2.45, 2.75) is 58.9 Å². The molecule has 1 fully saturated rings. The van der Waals surface area contributed by atoms with Crippen molar-refractivity contribution >= 4 is 11.9 Å². The quantitative estimate of drug-likeness (QED) is 0.636. The first-order chi connectivity index (χ1) is 15.5. The molecule has 0 N–H and O–H groups in total. The average molecular weight is 439 g/mol. The Hall–Kier alpha value is -2.76. The lowest BCUT2D eigenvalue weighted by Gasteiger charge is -2.32. The van der Waals surface area contributed by atoms with Crippen LogP contribution in [0.25, 0.3) is 0 Å². The molecule has 1 amide bonds. The number of ether oxygens (including phenoxy) is 2. The van der Waals surface area contributed by atoms with Gasteiger partial charge in [0.1, 0.15) is 11.4 Å². The molecular weight excluding hydrogens is 404 g/mol. The number of fused-ring (bicyclic) bond motifs is 1. The van der Waals surface area contributed by atoms with E-state index in [2.05, 4.69) is 17.6 Å². The smallest absolute Gasteiger partial charge is 0.310 e. The topological polar surface area (TPSA) is 60.8 Å². The maximum absolute atomic E-state index is 13.8. The van der Waals surface area contributed by atoms with Crippen LogP contribution in [0.1, 0.15) is 65.5 Å². The number of esters is 1. The number of carbonyl (C=O) groups excluding carboxylic acids is 2. The van der Waals surface area contributed by atoms with Crippen LogP contribution < -0.4 is 4.74 Å². The van der Waals surface area contributed by atoms with Gasteiger partial charge in [0.25, 0.3) is 5.91 Å². The molecular formula is C26H34N2O4. The van der Waals surface area contributed by atoms with Crippen molar-refractivity contribution in [1.29, 1.82) is 0 Å². The second kappa shape index (κ2) is 9.80. The van der Waals surface area contributed by atoms with E-state index in [1.807, 2.05) is 30.0 Å². The molecule has 0 saturated carbocycles. The Morgan fingerprint density at radius 3 is 2.75 bits per heavy atom. The Labute approximate surface area is 190 Å². The van der Waals surface area contributed by atoms with Crippen LogP contribution in [0, 0.1) is 12.8 Å². The van der Waals surface area contributed by atoms with Gasteiger partial charge in [-0.1, -0.05) is 12.1 Å². The summed E-state index contributed by atoms with van der Waals surface area (Å²) in [6.45, 7) is 6.05. The Kier molecular flexibility index (Phi) is 6.87. The van der Waals surface area contributed by atoms with Gasteiger partial charge in [-0.2, -0.15) is 0 Å². The van der Waals surface area contributed by atoms with Gasteiger partial charge < -0.3 is 18.9 Å². The van der Waals surface area contributed by atoms with E-state index in [9.17, 15) is 9.59 Å². The highest BCUT2D eigenvalue weighted by Gasteiger charge is 2.33. The van der Waals surface area contributed by atoms with E-state index in [1.165, 1.54) is 17.7 Å². The molecule has 1 aromatic heterocycles. The zero-order valence-corrected chi connectivity index (χ0v) is 19.5. The molecule has 1 saturated heterocycles. The average Bonchev–Trinajstić information content (AvgIpc) is 3.10. The highest BCUT2D eigenvalue weighted by atomic mass is 16.5. The summed E-state index contributed by atoms with van der Waals surface area (Å²) in [6, 6.07) is 8.05. The fraction of sp³-hybridized carbons (Fsp3) is 0.538. The fourth-order valence-electron chi connectivity index (χ4n) is 5.24. The molecule has 1 aromatic carbocycles. The molecule has 6 nitrogen and oxygen atoms in total. The minimum absolute atomic E-state index is 0.0359. The Balaban J connectivity index is 1.67. The molecule has 32 heavy (non-hydrogen) atoms. The molecule has 6 heteroatoms. The normalized spacial score (nSPS) is 18.2. The number of rotatable bonds is 6. The third kappa shape index (κ3) is 4.41. The lowest BCUT2D eigenvalue weighted by molar-refractivity contribution is -0.149. The second-order valence-corrected chi connectivity index (χ2v) is 8.89. The van der Waals surface area contributed by atoms with Crippen molar-refractivity contribution in [3.8, 4) is 5.75 Å². The van der Waals surface area contributed by atoms with Crippen LogP contribution in [0.4, 0.5) is 0 Å². The highest BCUT2D eigenvalue weighted by molar-refractivity contribution is 5.95. The minimum Gasteiger partial charge on any atom is -0.497 e. The fourth-order valence-corrected chi connectivity index (χ4v) is 5.24. The molecule has 1 atom stereocenters. The molecule has 2 aromatic rings. The number of nitrogens with zero attached hydrogens (tertiary/aromatic N) is 2. The van der Waals surface area contributed by atoms with E-state index >= 15 is 0 Å². The number of amides is 1. The van der Waals surface area contributed by atoms with Crippen LogP contribution in [0.15, 0.2) is 24.3 Å². The molecule has 2 heterocycles. The standard InChI is InChI=1S/C26H34N2O4/c1-4-32-26(30)20-10-8-14-27(17-20)25(29)24-18(2)22-12-5-6-13-23(22)28(24)16-19-9-7-11-21(15-19)31-3/h7,9,11,15,20H,4-6,8,10,12-14,16-17H2,1-3H3. The molecule has 0 bridgehead atoms.